The third kappa shape index (κ3) is 2.43. The molecule has 6 nitrogen and oxygen atoms in total. The number of carboxylic acids is 1. The number of H-pyrrole nitrogens is 2. The lowest BCUT2D eigenvalue weighted by Crippen LogP contribution is -2.25. The SMILES string of the molecule is CN(C)CC(C(=O)O)c1ccc2[nH]c(=O)[nH]c2c1. The van der Waals surface area contributed by atoms with Crippen LogP contribution in [-0.2, 0) is 4.79 Å². The Morgan fingerprint density at radius 3 is 2.61 bits per heavy atom. The fourth-order valence-electron chi connectivity index (χ4n) is 1.96. The molecule has 2 rings (SSSR count). The quantitative estimate of drug-likeness (QED) is 0.739. The predicted molar refractivity (Wildman–Crippen MR) is 67.9 cm³/mol. The van der Waals surface area contributed by atoms with Crippen LogP contribution in [0, 0.1) is 0 Å². The van der Waals surface area contributed by atoms with Gasteiger partial charge in [-0.05, 0) is 31.8 Å². The van der Waals surface area contributed by atoms with Crippen LogP contribution in [0.4, 0.5) is 0 Å². The minimum absolute atomic E-state index is 0.290. The van der Waals surface area contributed by atoms with Crippen molar-refractivity contribution in [1.82, 2.24) is 14.9 Å². The summed E-state index contributed by atoms with van der Waals surface area (Å²) in [7, 11) is 3.65. The number of aliphatic carboxylic acids is 1. The number of carboxylic acid groups (broad SMARTS) is 1. The number of hydrogen-bond donors (Lipinski definition) is 3. The number of imidazole rings is 1. The van der Waals surface area contributed by atoms with Crippen molar-refractivity contribution >= 4 is 17.0 Å². The van der Waals surface area contributed by atoms with E-state index in [1.54, 1.807) is 18.2 Å². The van der Waals surface area contributed by atoms with E-state index in [-0.39, 0.29) is 5.69 Å². The van der Waals surface area contributed by atoms with Crippen LogP contribution >= 0.6 is 0 Å². The summed E-state index contributed by atoms with van der Waals surface area (Å²) < 4.78 is 0. The van der Waals surface area contributed by atoms with Gasteiger partial charge in [-0.2, -0.15) is 0 Å². The minimum Gasteiger partial charge on any atom is -0.481 e. The fourth-order valence-corrected chi connectivity index (χ4v) is 1.96. The Labute approximate surface area is 103 Å². The summed E-state index contributed by atoms with van der Waals surface area (Å²) >= 11 is 0. The highest BCUT2D eigenvalue weighted by atomic mass is 16.4. The van der Waals surface area contributed by atoms with E-state index in [9.17, 15) is 14.7 Å². The number of aromatic amines is 2. The van der Waals surface area contributed by atoms with Gasteiger partial charge in [-0.15, -0.1) is 0 Å². The van der Waals surface area contributed by atoms with Crippen LogP contribution in [-0.4, -0.2) is 46.6 Å². The molecule has 0 saturated carbocycles. The van der Waals surface area contributed by atoms with Gasteiger partial charge in [0.15, 0.2) is 0 Å². The molecule has 96 valence electrons. The maximum atomic E-state index is 11.3. The molecule has 1 unspecified atom stereocenters. The maximum absolute atomic E-state index is 11.3. The molecule has 18 heavy (non-hydrogen) atoms. The first-order valence-corrected chi connectivity index (χ1v) is 5.57. The second kappa shape index (κ2) is 4.66. The molecule has 1 aromatic carbocycles. The van der Waals surface area contributed by atoms with Gasteiger partial charge in [0, 0.05) is 6.54 Å². The minimum atomic E-state index is -0.874. The normalized spacial score (nSPS) is 13.1. The average Bonchev–Trinajstić information content (AvgIpc) is 2.64. The first kappa shape index (κ1) is 12.4. The Kier molecular flexibility index (Phi) is 3.20. The summed E-state index contributed by atoms with van der Waals surface area (Å²) in [6, 6.07) is 5.15. The molecule has 0 bridgehead atoms. The standard InChI is InChI=1S/C12H15N3O3/c1-15(2)6-8(11(16)17)7-3-4-9-10(5-7)14-12(18)13-9/h3-5,8H,6H2,1-2H3,(H,16,17)(H2,13,14,18). The van der Waals surface area contributed by atoms with Crippen LogP contribution in [0.5, 0.6) is 0 Å². The zero-order chi connectivity index (χ0) is 13.3. The summed E-state index contributed by atoms with van der Waals surface area (Å²) in [5.74, 6) is -1.48. The van der Waals surface area contributed by atoms with Gasteiger partial charge in [0.2, 0.25) is 0 Å². The Bertz CT molecular complexity index is 627. The van der Waals surface area contributed by atoms with E-state index in [0.29, 0.717) is 23.1 Å². The smallest absolute Gasteiger partial charge is 0.323 e. The molecule has 0 radical (unpaired) electrons. The molecule has 1 heterocycles. The van der Waals surface area contributed by atoms with Crippen molar-refractivity contribution in [3.05, 3.63) is 34.2 Å². The van der Waals surface area contributed by atoms with Crippen LogP contribution in [0.2, 0.25) is 0 Å². The zero-order valence-corrected chi connectivity index (χ0v) is 10.2. The first-order valence-electron chi connectivity index (χ1n) is 5.57. The number of rotatable bonds is 4. The number of nitrogens with zero attached hydrogens (tertiary/aromatic N) is 1. The molecule has 0 aliphatic heterocycles. The molecule has 0 saturated heterocycles. The number of hydrogen-bond acceptors (Lipinski definition) is 3. The Morgan fingerprint density at radius 2 is 2.00 bits per heavy atom. The van der Waals surface area contributed by atoms with Crippen molar-refractivity contribution < 1.29 is 9.90 Å². The lowest BCUT2D eigenvalue weighted by atomic mass is 9.98. The highest BCUT2D eigenvalue weighted by molar-refractivity contribution is 5.80. The summed E-state index contributed by atoms with van der Waals surface area (Å²) in [5.41, 5.74) is 1.70. The van der Waals surface area contributed by atoms with Crippen LogP contribution in [0.25, 0.3) is 11.0 Å². The van der Waals surface area contributed by atoms with Crippen molar-refractivity contribution in [2.24, 2.45) is 0 Å². The van der Waals surface area contributed by atoms with Crippen LogP contribution in [0.1, 0.15) is 11.5 Å². The van der Waals surface area contributed by atoms with E-state index in [1.807, 2.05) is 19.0 Å². The van der Waals surface area contributed by atoms with Gasteiger partial charge in [-0.1, -0.05) is 6.07 Å². The highest BCUT2D eigenvalue weighted by Gasteiger charge is 2.21. The van der Waals surface area contributed by atoms with Crippen molar-refractivity contribution in [3.63, 3.8) is 0 Å². The Balaban J connectivity index is 2.43. The molecule has 6 heteroatoms. The van der Waals surface area contributed by atoms with Gasteiger partial charge in [0.05, 0.1) is 17.0 Å². The molecule has 3 N–H and O–H groups in total. The molecule has 2 aromatic rings. The number of fused-ring (bicyclic) bond motifs is 1. The van der Waals surface area contributed by atoms with Gasteiger partial charge < -0.3 is 20.0 Å². The van der Waals surface area contributed by atoms with Gasteiger partial charge in [0.25, 0.3) is 0 Å². The van der Waals surface area contributed by atoms with Crippen molar-refractivity contribution in [1.29, 1.82) is 0 Å². The molecule has 0 fully saturated rings. The second-order valence-corrected chi connectivity index (χ2v) is 4.54. The summed E-state index contributed by atoms with van der Waals surface area (Å²) in [4.78, 5) is 29.5. The zero-order valence-electron chi connectivity index (χ0n) is 10.2. The van der Waals surface area contributed by atoms with Gasteiger partial charge in [-0.25, -0.2) is 4.79 Å². The molecular weight excluding hydrogens is 234 g/mol. The molecular formula is C12H15N3O3. The number of likely N-dealkylation sites (N-methyl/N-ethyl adjacent to an activating group) is 1. The van der Waals surface area contributed by atoms with E-state index < -0.39 is 11.9 Å². The molecule has 1 aromatic heterocycles. The van der Waals surface area contributed by atoms with Crippen molar-refractivity contribution in [2.75, 3.05) is 20.6 Å². The van der Waals surface area contributed by atoms with Gasteiger partial charge in [0.1, 0.15) is 0 Å². The molecule has 0 aliphatic rings. The largest absolute Gasteiger partial charge is 0.481 e. The Hall–Kier alpha value is -2.08. The second-order valence-electron chi connectivity index (χ2n) is 4.54. The monoisotopic (exact) mass is 249 g/mol. The van der Waals surface area contributed by atoms with Crippen molar-refractivity contribution in [2.45, 2.75) is 5.92 Å². The summed E-state index contributed by atoms with van der Waals surface area (Å²) in [6.45, 7) is 0.412. The topological polar surface area (TPSA) is 89.2 Å². The van der Waals surface area contributed by atoms with E-state index in [1.165, 1.54) is 0 Å². The predicted octanol–water partition coefficient (Wildman–Crippen LogP) is 0.586. The van der Waals surface area contributed by atoms with Crippen molar-refractivity contribution in [3.8, 4) is 0 Å². The average molecular weight is 249 g/mol. The number of benzene rings is 1. The van der Waals surface area contributed by atoms with Gasteiger partial charge in [-0.3, -0.25) is 4.79 Å². The highest BCUT2D eigenvalue weighted by Crippen LogP contribution is 2.20. The van der Waals surface area contributed by atoms with E-state index >= 15 is 0 Å². The third-order valence-electron chi connectivity index (χ3n) is 2.79. The lowest BCUT2D eigenvalue weighted by molar-refractivity contribution is -0.139. The number of aromatic nitrogens is 2. The number of carbonyl (C=O) groups is 1. The fraction of sp³-hybridized carbons (Fsp3) is 0.333. The van der Waals surface area contributed by atoms with Gasteiger partial charge >= 0.3 is 11.7 Å². The lowest BCUT2D eigenvalue weighted by Gasteiger charge is -2.17. The van der Waals surface area contributed by atoms with E-state index in [4.69, 9.17) is 0 Å². The van der Waals surface area contributed by atoms with E-state index in [0.717, 1.165) is 0 Å². The van der Waals surface area contributed by atoms with Crippen LogP contribution in [0.15, 0.2) is 23.0 Å². The van der Waals surface area contributed by atoms with Crippen LogP contribution < -0.4 is 5.69 Å². The first-order chi connectivity index (χ1) is 8.47. The molecule has 1 atom stereocenters. The van der Waals surface area contributed by atoms with Crippen LogP contribution in [0.3, 0.4) is 0 Å². The van der Waals surface area contributed by atoms with E-state index in [2.05, 4.69) is 9.97 Å². The molecule has 0 aliphatic carbocycles. The Morgan fingerprint density at radius 1 is 1.33 bits per heavy atom. The summed E-state index contributed by atoms with van der Waals surface area (Å²) in [5, 5.41) is 9.25. The third-order valence-corrected chi connectivity index (χ3v) is 2.79. The molecule has 0 spiro atoms. The molecule has 0 amide bonds. The number of nitrogens with one attached hydrogen (secondary N) is 2. The maximum Gasteiger partial charge on any atom is 0.323 e. The summed E-state index contributed by atoms with van der Waals surface area (Å²) in [6.07, 6.45) is 0.